The van der Waals surface area contributed by atoms with Gasteiger partial charge in [-0.15, -0.1) is 0 Å². The summed E-state index contributed by atoms with van der Waals surface area (Å²) in [4.78, 5) is 14.5. The first-order valence-electron chi connectivity index (χ1n) is 8.86. The van der Waals surface area contributed by atoms with E-state index in [1.807, 2.05) is 45.0 Å². The third-order valence-corrected chi connectivity index (χ3v) is 3.99. The van der Waals surface area contributed by atoms with Crippen molar-refractivity contribution in [2.24, 2.45) is 5.16 Å². The van der Waals surface area contributed by atoms with E-state index < -0.39 is 0 Å². The highest BCUT2D eigenvalue weighted by Crippen LogP contribution is 2.29. The van der Waals surface area contributed by atoms with Crippen molar-refractivity contribution in [3.8, 4) is 0 Å². The van der Waals surface area contributed by atoms with Gasteiger partial charge >= 0.3 is 0 Å². The summed E-state index contributed by atoms with van der Waals surface area (Å²) in [6, 6.07) is 7.98. The Morgan fingerprint density at radius 1 is 1.23 bits per heavy atom. The number of rotatable bonds is 8. The van der Waals surface area contributed by atoms with E-state index in [-0.39, 0.29) is 0 Å². The number of imidazole rings is 1. The summed E-state index contributed by atoms with van der Waals surface area (Å²) in [5, 5.41) is 5.02. The molecule has 7 heteroatoms. The lowest BCUT2D eigenvalue weighted by atomic mass is 10.2. The Balaban J connectivity index is 2.00. The van der Waals surface area contributed by atoms with Crippen molar-refractivity contribution in [1.82, 2.24) is 14.5 Å². The molecule has 0 atom stereocenters. The Labute approximate surface area is 152 Å². The maximum Gasteiger partial charge on any atom is 0.152 e. The number of ether oxygens (including phenoxy) is 1. The van der Waals surface area contributed by atoms with Crippen molar-refractivity contribution in [3.63, 3.8) is 0 Å². The van der Waals surface area contributed by atoms with Crippen molar-refractivity contribution in [2.75, 3.05) is 18.9 Å². The van der Waals surface area contributed by atoms with Crippen LogP contribution in [0, 0.1) is 0 Å². The third-order valence-electron chi connectivity index (χ3n) is 3.99. The van der Waals surface area contributed by atoms with Gasteiger partial charge in [0.25, 0.3) is 0 Å². The minimum Gasteiger partial charge on any atom is -0.396 e. The predicted molar refractivity (Wildman–Crippen MR) is 104 cm³/mol. The Kier molecular flexibility index (Phi) is 5.68. The quantitative estimate of drug-likeness (QED) is 0.379. The Bertz CT molecular complexity index is 928. The molecule has 0 bridgehead atoms. The molecule has 3 aromatic rings. The summed E-state index contributed by atoms with van der Waals surface area (Å²) in [7, 11) is 0. The normalized spacial score (nSPS) is 11.2. The lowest BCUT2D eigenvalue weighted by molar-refractivity contribution is 0.122. The van der Waals surface area contributed by atoms with Gasteiger partial charge in [0.15, 0.2) is 5.82 Å². The second-order valence-corrected chi connectivity index (χ2v) is 6.25. The molecule has 0 aliphatic carbocycles. The highest BCUT2D eigenvalue weighted by molar-refractivity contribution is 6.06. The van der Waals surface area contributed by atoms with Gasteiger partial charge in [0.1, 0.15) is 24.6 Å². The number of benzene rings is 1. The number of fused-ring (bicyclic) bond motifs is 3. The molecule has 2 N–H and O–H groups in total. The number of hydrogen-bond acceptors (Lipinski definition) is 6. The fourth-order valence-electron chi connectivity index (χ4n) is 2.91. The molecule has 138 valence electrons. The number of para-hydroxylation sites is 1. The first-order chi connectivity index (χ1) is 12.6. The molecule has 0 unspecified atom stereocenters. The van der Waals surface area contributed by atoms with Crippen LogP contribution in [0.3, 0.4) is 0 Å². The van der Waals surface area contributed by atoms with Crippen LogP contribution in [-0.4, -0.2) is 33.5 Å². The number of nitrogens with zero attached hydrogens (tertiary/aromatic N) is 4. The van der Waals surface area contributed by atoms with Crippen LogP contribution in [0.1, 0.15) is 33.0 Å². The van der Waals surface area contributed by atoms with Crippen molar-refractivity contribution < 1.29 is 9.57 Å². The summed E-state index contributed by atoms with van der Waals surface area (Å²) in [6.07, 6.45) is 0.803. The summed E-state index contributed by atoms with van der Waals surface area (Å²) >= 11 is 0. The van der Waals surface area contributed by atoms with Crippen LogP contribution in [0.25, 0.3) is 21.9 Å². The van der Waals surface area contributed by atoms with Crippen LogP contribution in [-0.2, 0) is 22.7 Å². The highest BCUT2D eigenvalue weighted by Gasteiger charge is 2.17. The molecule has 0 aliphatic heterocycles. The second kappa shape index (κ2) is 8.14. The number of nitrogen functional groups attached to an aromatic ring is 1. The number of anilines is 1. The average molecular weight is 355 g/mol. The molecule has 0 radical (unpaired) electrons. The van der Waals surface area contributed by atoms with E-state index in [1.165, 1.54) is 0 Å². The predicted octanol–water partition coefficient (Wildman–Crippen LogP) is 3.51. The smallest absolute Gasteiger partial charge is 0.152 e. The van der Waals surface area contributed by atoms with Gasteiger partial charge in [0.2, 0.25) is 0 Å². The summed E-state index contributed by atoms with van der Waals surface area (Å²) in [5.74, 6) is 1.29. The SMILES string of the molecule is CCOCc1nc2c(N)nc3ccccc3c2n1CCCON=C(C)C. The number of nitrogens with two attached hydrogens (primary N) is 1. The number of pyridine rings is 1. The maximum atomic E-state index is 6.17. The van der Waals surface area contributed by atoms with Gasteiger partial charge in [-0.3, -0.25) is 0 Å². The number of aromatic nitrogens is 3. The number of oxime groups is 1. The first-order valence-corrected chi connectivity index (χ1v) is 8.86. The standard InChI is InChI=1S/C19H25N5O2/c1-4-25-12-16-22-17-18(24(16)10-7-11-26-23-13(2)3)14-8-5-6-9-15(14)21-19(17)20/h5-6,8-9H,4,7,10-12H2,1-3H3,(H2,20,21). The summed E-state index contributed by atoms with van der Waals surface area (Å²) < 4.78 is 7.77. The monoisotopic (exact) mass is 355 g/mol. The summed E-state index contributed by atoms with van der Waals surface area (Å²) in [5.41, 5.74) is 9.66. The Morgan fingerprint density at radius 2 is 2.04 bits per heavy atom. The topological polar surface area (TPSA) is 87.6 Å². The van der Waals surface area contributed by atoms with Gasteiger partial charge in [0.05, 0.1) is 16.7 Å². The molecule has 2 aromatic heterocycles. The number of hydrogen-bond donors (Lipinski definition) is 1. The molecule has 0 saturated carbocycles. The zero-order chi connectivity index (χ0) is 18.5. The molecular formula is C19H25N5O2. The lowest BCUT2D eigenvalue weighted by Gasteiger charge is -2.10. The minimum atomic E-state index is 0.437. The van der Waals surface area contributed by atoms with Crippen LogP contribution >= 0.6 is 0 Å². The van der Waals surface area contributed by atoms with E-state index in [2.05, 4.69) is 14.7 Å². The molecule has 0 amide bonds. The van der Waals surface area contributed by atoms with Crippen LogP contribution in [0.4, 0.5) is 5.82 Å². The van der Waals surface area contributed by atoms with Crippen molar-refractivity contribution >= 4 is 33.5 Å². The van der Waals surface area contributed by atoms with E-state index in [0.717, 1.165) is 46.4 Å². The van der Waals surface area contributed by atoms with E-state index >= 15 is 0 Å². The van der Waals surface area contributed by atoms with Gasteiger partial charge < -0.3 is 19.9 Å². The van der Waals surface area contributed by atoms with Crippen LogP contribution in [0.15, 0.2) is 29.4 Å². The van der Waals surface area contributed by atoms with Crippen molar-refractivity contribution in [1.29, 1.82) is 0 Å². The minimum absolute atomic E-state index is 0.437. The van der Waals surface area contributed by atoms with Gasteiger partial charge in [-0.25, -0.2) is 9.97 Å². The molecule has 7 nitrogen and oxygen atoms in total. The maximum absolute atomic E-state index is 6.17. The molecule has 0 spiro atoms. The molecule has 0 fully saturated rings. The fraction of sp³-hybridized carbons (Fsp3) is 0.421. The van der Waals surface area contributed by atoms with Gasteiger partial charge in [-0.1, -0.05) is 23.4 Å². The molecule has 3 rings (SSSR count). The lowest BCUT2D eigenvalue weighted by Crippen LogP contribution is -2.08. The molecule has 0 aliphatic rings. The van der Waals surface area contributed by atoms with Gasteiger partial charge in [-0.2, -0.15) is 0 Å². The first kappa shape index (κ1) is 18.1. The Morgan fingerprint density at radius 3 is 2.81 bits per heavy atom. The van der Waals surface area contributed by atoms with Crippen molar-refractivity contribution in [2.45, 2.75) is 40.3 Å². The van der Waals surface area contributed by atoms with Crippen LogP contribution in [0.5, 0.6) is 0 Å². The highest BCUT2D eigenvalue weighted by atomic mass is 16.6. The van der Waals surface area contributed by atoms with E-state index in [9.17, 15) is 0 Å². The summed E-state index contributed by atoms with van der Waals surface area (Å²) in [6.45, 7) is 8.13. The van der Waals surface area contributed by atoms with Crippen LogP contribution in [0.2, 0.25) is 0 Å². The molecule has 1 aromatic carbocycles. The van der Waals surface area contributed by atoms with Gasteiger partial charge in [-0.05, 0) is 26.8 Å². The van der Waals surface area contributed by atoms with Crippen LogP contribution < -0.4 is 5.73 Å². The van der Waals surface area contributed by atoms with E-state index in [1.54, 1.807) is 0 Å². The molecular weight excluding hydrogens is 330 g/mol. The van der Waals surface area contributed by atoms with Gasteiger partial charge in [0, 0.05) is 25.0 Å². The third kappa shape index (κ3) is 3.77. The van der Waals surface area contributed by atoms with Crippen molar-refractivity contribution in [3.05, 3.63) is 30.1 Å². The zero-order valence-electron chi connectivity index (χ0n) is 15.5. The van der Waals surface area contributed by atoms with E-state index in [0.29, 0.717) is 25.6 Å². The Hall–Kier alpha value is -2.67. The molecule has 26 heavy (non-hydrogen) atoms. The molecule has 2 heterocycles. The largest absolute Gasteiger partial charge is 0.396 e. The number of aryl methyl sites for hydroxylation is 1. The zero-order valence-corrected chi connectivity index (χ0v) is 15.5. The molecule has 0 saturated heterocycles. The fourth-order valence-corrected chi connectivity index (χ4v) is 2.91. The van der Waals surface area contributed by atoms with E-state index in [4.69, 9.17) is 20.3 Å². The average Bonchev–Trinajstić information content (AvgIpc) is 2.99. The second-order valence-electron chi connectivity index (χ2n) is 6.25.